The van der Waals surface area contributed by atoms with Crippen LogP contribution in [-0.4, -0.2) is 43.3 Å². The average Bonchev–Trinajstić information content (AvgIpc) is 3.01. The molecule has 6 nitrogen and oxygen atoms in total. The molecule has 1 aliphatic heterocycles. The highest BCUT2D eigenvalue weighted by molar-refractivity contribution is 5.85. The molecule has 2 N–H and O–H groups in total. The predicted molar refractivity (Wildman–Crippen MR) is 75.2 cm³/mol. The Kier molecular flexibility index (Phi) is 5.16. The minimum atomic E-state index is -1.05. The maximum absolute atomic E-state index is 12.0. The van der Waals surface area contributed by atoms with Crippen molar-refractivity contribution in [3.05, 3.63) is 29.8 Å². The van der Waals surface area contributed by atoms with E-state index in [0.29, 0.717) is 25.4 Å². The summed E-state index contributed by atoms with van der Waals surface area (Å²) in [6.07, 6.45) is 0.850. The lowest BCUT2D eigenvalue weighted by molar-refractivity contribution is -0.142. The molecule has 21 heavy (non-hydrogen) atoms. The first-order valence-electron chi connectivity index (χ1n) is 6.84. The summed E-state index contributed by atoms with van der Waals surface area (Å²) in [5.74, 6) is -0.905. The molecule has 0 spiro atoms. The molecular formula is C15H19NO5. The first-order valence-corrected chi connectivity index (χ1v) is 6.84. The third-order valence-electron chi connectivity index (χ3n) is 3.49. The number of rotatable bonds is 6. The van der Waals surface area contributed by atoms with Crippen LogP contribution in [0.2, 0.25) is 0 Å². The van der Waals surface area contributed by atoms with Gasteiger partial charge >= 0.3 is 5.97 Å². The SMILES string of the molecule is COc1cccc(C[C@@H](NC(=O)[C@H]2CCOC2)C(=O)O)c1. The minimum Gasteiger partial charge on any atom is -0.497 e. The molecule has 2 atom stereocenters. The van der Waals surface area contributed by atoms with Crippen LogP contribution in [0.5, 0.6) is 5.75 Å². The number of carbonyl (C=O) groups is 2. The Morgan fingerprint density at radius 3 is 2.95 bits per heavy atom. The van der Waals surface area contributed by atoms with Gasteiger partial charge in [-0.05, 0) is 24.1 Å². The number of methoxy groups -OCH3 is 1. The predicted octanol–water partition coefficient (Wildman–Crippen LogP) is 0.844. The van der Waals surface area contributed by atoms with Crippen molar-refractivity contribution in [2.24, 2.45) is 5.92 Å². The molecule has 1 saturated heterocycles. The van der Waals surface area contributed by atoms with Crippen LogP contribution < -0.4 is 10.1 Å². The van der Waals surface area contributed by atoms with E-state index >= 15 is 0 Å². The fourth-order valence-corrected chi connectivity index (χ4v) is 2.27. The Labute approximate surface area is 123 Å². The monoisotopic (exact) mass is 293 g/mol. The van der Waals surface area contributed by atoms with Gasteiger partial charge in [-0.1, -0.05) is 12.1 Å². The molecule has 0 unspecified atom stereocenters. The van der Waals surface area contributed by atoms with Crippen LogP contribution in [0, 0.1) is 5.92 Å². The molecule has 0 bridgehead atoms. The summed E-state index contributed by atoms with van der Waals surface area (Å²) in [6, 6.07) is 6.20. The molecule has 0 saturated carbocycles. The van der Waals surface area contributed by atoms with Crippen molar-refractivity contribution >= 4 is 11.9 Å². The summed E-state index contributed by atoms with van der Waals surface area (Å²) in [7, 11) is 1.55. The van der Waals surface area contributed by atoms with Gasteiger partial charge in [0.1, 0.15) is 11.8 Å². The summed E-state index contributed by atoms with van der Waals surface area (Å²) in [5.41, 5.74) is 0.796. The van der Waals surface area contributed by atoms with E-state index in [1.165, 1.54) is 0 Å². The number of benzene rings is 1. The van der Waals surface area contributed by atoms with Crippen LogP contribution in [0.4, 0.5) is 0 Å². The highest BCUT2D eigenvalue weighted by atomic mass is 16.5. The number of carbonyl (C=O) groups excluding carboxylic acids is 1. The van der Waals surface area contributed by atoms with Gasteiger partial charge in [-0.2, -0.15) is 0 Å². The number of aliphatic carboxylic acids is 1. The largest absolute Gasteiger partial charge is 0.497 e. The zero-order valence-corrected chi connectivity index (χ0v) is 11.9. The maximum atomic E-state index is 12.0. The van der Waals surface area contributed by atoms with Crippen LogP contribution >= 0.6 is 0 Å². The Morgan fingerprint density at radius 2 is 2.33 bits per heavy atom. The normalized spacial score (nSPS) is 19.0. The standard InChI is InChI=1S/C15H19NO5/c1-20-12-4-2-3-10(7-12)8-13(15(18)19)16-14(17)11-5-6-21-9-11/h2-4,7,11,13H,5-6,8-9H2,1H3,(H,16,17)(H,18,19)/t11-,13+/m0/s1. The van der Waals surface area contributed by atoms with Gasteiger partial charge in [0.2, 0.25) is 5.91 Å². The van der Waals surface area contributed by atoms with Crippen LogP contribution in [0.15, 0.2) is 24.3 Å². The third kappa shape index (κ3) is 4.19. The van der Waals surface area contributed by atoms with Crippen molar-refractivity contribution in [3.63, 3.8) is 0 Å². The molecule has 1 heterocycles. The molecule has 2 rings (SSSR count). The van der Waals surface area contributed by atoms with Gasteiger partial charge < -0.3 is 19.9 Å². The molecule has 114 valence electrons. The minimum absolute atomic E-state index is 0.214. The summed E-state index contributed by atoms with van der Waals surface area (Å²) in [6.45, 7) is 0.906. The van der Waals surface area contributed by atoms with Gasteiger partial charge in [0.05, 0.1) is 19.6 Å². The Hall–Kier alpha value is -2.08. The fourth-order valence-electron chi connectivity index (χ4n) is 2.27. The number of nitrogens with one attached hydrogen (secondary N) is 1. The Bertz CT molecular complexity index is 511. The van der Waals surface area contributed by atoms with E-state index in [0.717, 1.165) is 5.56 Å². The van der Waals surface area contributed by atoms with Crippen molar-refractivity contribution in [3.8, 4) is 5.75 Å². The average molecular weight is 293 g/mol. The van der Waals surface area contributed by atoms with E-state index in [4.69, 9.17) is 9.47 Å². The quantitative estimate of drug-likeness (QED) is 0.812. The topological polar surface area (TPSA) is 84.9 Å². The number of carboxylic acids is 1. The summed E-state index contributed by atoms with van der Waals surface area (Å²) >= 11 is 0. The number of hydrogen-bond donors (Lipinski definition) is 2. The summed E-state index contributed by atoms with van der Waals surface area (Å²) < 4.78 is 10.3. The smallest absolute Gasteiger partial charge is 0.326 e. The van der Waals surface area contributed by atoms with E-state index in [2.05, 4.69) is 5.32 Å². The van der Waals surface area contributed by atoms with Crippen LogP contribution in [0.3, 0.4) is 0 Å². The van der Waals surface area contributed by atoms with E-state index in [-0.39, 0.29) is 18.2 Å². The molecular weight excluding hydrogens is 274 g/mol. The lowest BCUT2D eigenvalue weighted by Gasteiger charge is -2.17. The van der Waals surface area contributed by atoms with Gasteiger partial charge in [0.25, 0.3) is 0 Å². The molecule has 0 aliphatic carbocycles. The summed E-state index contributed by atoms with van der Waals surface area (Å²) in [5, 5.41) is 11.9. The maximum Gasteiger partial charge on any atom is 0.326 e. The molecule has 1 amide bonds. The van der Waals surface area contributed by atoms with Crippen LogP contribution in [0.1, 0.15) is 12.0 Å². The number of hydrogen-bond acceptors (Lipinski definition) is 4. The zero-order chi connectivity index (χ0) is 15.2. The van der Waals surface area contributed by atoms with Gasteiger partial charge in [-0.15, -0.1) is 0 Å². The zero-order valence-electron chi connectivity index (χ0n) is 11.9. The van der Waals surface area contributed by atoms with Crippen LogP contribution in [0.25, 0.3) is 0 Å². The number of ether oxygens (including phenoxy) is 2. The summed E-state index contributed by atoms with van der Waals surface area (Å²) in [4.78, 5) is 23.3. The van der Waals surface area contributed by atoms with Gasteiger partial charge in [-0.3, -0.25) is 4.79 Å². The van der Waals surface area contributed by atoms with Crippen LogP contribution in [-0.2, 0) is 20.7 Å². The first-order chi connectivity index (χ1) is 10.1. The van der Waals surface area contributed by atoms with E-state index < -0.39 is 12.0 Å². The van der Waals surface area contributed by atoms with Crippen molar-refractivity contribution in [1.82, 2.24) is 5.32 Å². The molecule has 0 aromatic heterocycles. The highest BCUT2D eigenvalue weighted by Crippen LogP contribution is 2.16. The lowest BCUT2D eigenvalue weighted by atomic mass is 10.0. The molecule has 1 aromatic carbocycles. The van der Waals surface area contributed by atoms with E-state index in [1.54, 1.807) is 25.3 Å². The third-order valence-corrected chi connectivity index (χ3v) is 3.49. The van der Waals surface area contributed by atoms with Gasteiger partial charge in [-0.25, -0.2) is 4.79 Å². The van der Waals surface area contributed by atoms with Crippen molar-refractivity contribution in [2.45, 2.75) is 18.9 Å². The van der Waals surface area contributed by atoms with E-state index in [1.807, 2.05) is 6.07 Å². The number of carboxylic acid groups (broad SMARTS) is 1. The van der Waals surface area contributed by atoms with E-state index in [9.17, 15) is 14.7 Å². The molecule has 1 fully saturated rings. The molecule has 0 radical (unpaired) electrons. The number of amides is 1. The first kappa shape index (κ1) is 15.3. The molecule has 6 heteroatoms. The van der Waals surface area contributed by atoms with Gasteiger partial charge in [0.15, 0.2) is 0 Å². The lowest BCUT2D eigenvalue weighted by Crippen LogP contribution is -2.45. The second-order valence-corrected chi connectivity index (χ2v) is 5.02. The van der Waals surface area contributed by atoms with Crippen molar-refractivity contribution < 1.29 is 24.2 Å². The van der Waals surface area contributed by atoms with Gasteiger partial charge in [0, 0.05) is 13.0 Å². The second kappa shape index (κ2) is 7.08. The van der Waals surface area contributed by atoms with Crippen molar-refractivity contribution in [1.29, 1.82) is 0 Å². The Morgan fingerprint density at radius 1 is 1.52 bits per heavy atom. The highest BCUT2D eigenvalue weighted by Gasteiger charge is 2.28. The second-order valence-electron chi connectivity index (χ2n) is 5.02. The fraction of sp³-hybridized carbons (Fsp3) is 0.467. The molecule has 1 aliphatic rings. The molecule has 1 aromatic rings. The Balaban J connectivity index is 2.01. The van der Waals surface area contributed by atoms with Crippen molar-refractivity contribution in [2.75, 3.05) is 20.3 Å².